The summed E-state index contributed by atoms with van der Waals surface area (Å²) in [5, 5.41) is 26.9. The van der Waals surface area contributed by atoms with Crippen molar-refractivity contribution >= 4 is 177 Å². The van der Waals surface area contributed by atoms with E-state index in [2.05, 4.69) is 143 Å². The highest BCUT2D eigenvalue weighted by molar-refractivity contribution is 7.22. The lowest BCUT2D eigenvalue weighted by molar-refractivity contribution is -0.115. The van der Waals surface area contributed by atoms with Gasteiger partial charge in [0.25, 0.3) is 0 Å². The molecule has 32 nitrogen and oxygen atoms in total. The number of piperazine rings is 1. The Hall–Kier alpha value is -14.6. The number of aryl methyl sites for hydroxylation is 1. The molecule has 0 radical (unpaired) electrons. The summed E-state index contributed by atoms with van der Waals surface area (Å²) in [5.41, 5.74) is 41.8. The van der Waals surface area contributed by atoms with Crippen LogP contribution in [0, 0.1) is 6.92 Å². The number of nitrogen functional groups attached to an aromatic ring is 4. The van der Waals surface area contributed by atoms with Crippen molar-refractivity contribution in [1.82, 2.24) is 109 Å². The van der Waals surface area contributed by atoms with Gasteiger partial charge in [-0.15, -0.1) is 0 Å². The van der Waals surface area contributed by atoms with Crippen molar-refractivity contribution in [3.63, 3.8) is 0 Å². The van der Waals surface area contributed by atoms with Gasteiger partial charge in [-0.05, 0) is 107 Å². The summed E-state index contributed by atoms with van der Waals surface area (Å²) in [6.45, 7) is 13.2. The monoisotopic (exact) mass is 1600 g/mol. The van der Waals surface area contributed by atoms with Crippen LogP contribution in [0.4, 0.5) is 45.3 Å². The maximum atomic E-state index is 11.5. The summed E-state index contributed by atoms with van der Waals surface area (Å²) in [5.74, 6) is 3.89. The molecule has 2 aliphatic rings. The number of amides is 2. The Labute approximate surface area is 679 Å². The van der Waals surface area contributed by atoms with Gasteiger partial charge in [0.15, 0.2) is 27.2 Å². The molecule has 0 bridgehead atoms. The molecule has 6 aromatic carbocycles. The highest BCUT2D eigenvalue weighted by atomic mass is 32.1. The molecule has 0 aliphatic carbocycles. The second kappa shape index (κ2) is 30.3. The normalized spacial score (nSPS) is 13.9. The molecule has 11 N–H and O–H groups in total. The van der Waals surface area contributed by atoms with E-state index in [4.69, 9.17) is 53.2 Å². The highest BCUT2D eigenvalue weighted by Crippen LogP contribution is 2.40. The summed E-state index contributed by atoms with van der Waals surface area (Å²) in [6.07, 6.45) is 10.5. The SMILES string of the molecule is CC(=O)Nc1nc2ccc(-c3nn(Cc4cc5ccccc5nc4N4CCCC4C)c4ncnc(N)c34)cc2s1.CC(=O)Nc1nc2ccc(-c3nn(Cc4cc5ccccc5nc4N4CCN(C)CC4)c4ncnc(N)c34)cc2[nH]1.Cc1cn(-c2nc3ccccc3cc2Cn2nc(-c3ccc4nc(N)sc4c3)c3c(N)ncnc32)cn1. The lowest BCUT2D eigenvalue weighted by Gasteiger charge is -2.34. The van der Waals surface area contributed by atoms with Crippen molar-refractivity contribution < 1.29 is 9.59 Å². The first-order chi connectivity index (χ1) is 57.4. The molecular formula is C84H76N30O2S2. The smallest absolute Gasteiger partial charge is 0.223 e. The van der Waals surface area contributed by atoms with Crippen LogP contribution in [0.15, 0.2) is 177 Å². The summed E-state index contributed by atoms with van der Waals surface area (Å²) in [6, 6.07) is 49.0. The average molecular weight is 1600 g/mol. The van der Waals surface area contributed by atoms with Crippen LogP contribution < -0.4 is 43.4 Å². The number of benzene rings is 6. The van der Waals surface area contributed by atoms with Gasteiger partial charge in [-0.25, -0.2) is 78.8 Å². The molecule has 1 unspecified atom stereocenters. The quantitative estimate of drug-likeness (QED) is 0.0531. The van der Waals surface area contributed by atoms with Crippen LogP contribution in [-0.4, -0.2) is 166 Å². The number of carbonyl (C=O) groups is 2. The predicted molar refractivity (Wildman–Crippen MR) is 465 cm³/mol. The van der Waals surface area contributed by atoms with Gasteiger partial charge in [-0.1, -0.05) is 95.5 Å². The number of anilines is 8. The van der Waals surface area contributed by atoms with E-state index in [1.807, 2.05) is 129 Å². The number of fused-ring (bicyclic) bond motifs is 9. The molecule has 0 spiro atoms. The van der Waals surface area contributed by atoms with Crippen LogP contribution >= 0.6 is 22.7 Å². The zero-order chi connectivity index (χ0) is 80.6. The third kappa shape index (κ3) is 14.2. The number of hydrogen-bond donors (Lipinski definition) is 7. The first kappa shape index (κ1) is 73.5. The van der Waals surface area contributed by atoms with E-state index in [9.17, 15) is 9.59 Å². The number of thiazole rings is 2. The number of aromatic nitrogens is 21. The largest absolute Gasteiger partial charge is 0.383 e. The minimum absolute atomic E-state index is 0.153. The summed E-state index contributed by atoms with van der Waals surface area (Å²) >= 11 is 2.85. The summed E-state index contributed by atoms with van der Waals surface area (Å²) in [4.78, 5) is 92.7. The van der Waals surface area contributed by atoms with Crippen LogP contribution in [0.3, 0.4) is 0 Å². The Bertz CT molecular complexity index is 7170. The van der Waals surface area contributed by atoms with Crippen molar-refractivity contribution in [1.29, 1.82) is 0 Å². The number of para-hydroxylation sites is 3. The molecule has 0 saturated carbocycles. The molecule has 19 aromatic rings. The Kier molecular flexibility index (Phi) is 18.9. The number of imidazole rings is 2. The van der Waals surface area contributed by atoms with Gasteiger partial charge in [0.05, 0.1) is 89.5 Å². The number of pyridine rings is 3. The number of nitrogens with zero attached hydrogens (tertiary/aromatic N) is 23. The van der Waals surface area contributed by atoms with Gasteiger partial charge in [0.2, 0.25) is 17.8 Å². The number of carbonyl (C=O) groups excluding carboxylic acids is 2. The molecule has 13 aromatic heterocycles. The van der Waals surface area contributed by atoms with E-state index < -0.39 is 0 Å². The average Bonchev–Trinajstić information content (AvgIpc) is 1.61. The number of nitrogens with two attached hydrogens (primary N) is 4. The first-order valence-electron chi connectivity index (χ1n) is 38.3. The van der Waals surface area contributed by atoms with E-state index in [1.165, 1.54) is 55.5 Å². The van der Waals surface area contributed by atoms with E-state index >= 15 is 0 Å². The standard InChI is InChI=1S/C29H29N11O.C29H27N9OS.C26H20N10S/c1-17(41)33-29-35-22-8-7-19(14-23(22)36-29)25-24-26(30)31-16-32-28(24)40(37-25)15-20-13-18-5-3-4-6-21(18)34-27(20)39-11-9-38(2)10-12-39;1-16-6-5-11-37(16)27-20(12-18-7-3-4-8-21(18)34-27)14-38-28-24(26(30)31-15-32-28)25(36-38)19-9-10-22-23(13-19)40-29(35-22)33-17(2)39;1-14-10-35(13-31-14)24-17(8-15-4-2-3-5-18(15)32-24)11-36-25-21(23(27)29-12-30-25)22(34-36)16-6-7-19-20(9-16)37-26(28)33-19/h3-8,13-14,16H,9-12,15H2,1-2H3,(H2,30,31,32)(H2,33,35,36,41);3-4,7-10,12-13,15-16H,5-6,11,14H2,1-2H3,(H2,30,31,32)(H,33,35,39);2-10,12-13H,11H2,1H3,(H2,28,33)(H2,27,29,30). The summed E-state index contributed by atoms with van der Waals surface area (Å²) in [7, 11) is 2.15. The lowest BCUT2D eigenvalue weighted by Crippen LogP contribution is -2.45. The second-order valence-corrected chi connectivity index (χ2v) is 31.5. The Balaban J connectivity index is 0.000000118. The molecule has 586 valence electrons. The molecule has 2 amide bonds. The Morgan fingerprint density at radius 2 is 0.966 bits per heavy atom. The molecule has 2 fully saturated rings. The van der Waals surface area contributed by atoms with E-state index in [0.717, 1.165) is 166 Å². The van der Waals surface area contributed by atoms with Crippen LogP contribution in [0.5, 0.6) is 0 Å². The molecule has 1 atom stereocenters. The molecule has 2 aliphatic heterocycles. The molecule has 118 heavy (non-hydrogen) atoms. The van der Waals surface area contributed by atoms with Crippen LogP contribution in [0.25, 0.3) is 137 Å². The molecular weight excluding hydrogens is 1530 g/mol. The van der Waals surface area contributed by atoms with Crippen molar-refractivity contribution in [2.45, 2.75) is 66.2 Å². The topological polar surface area (TPSA) is 414 Å². The Morgan fingerprint density at radius 3 is 1.47 bits per heavy atom. The van der Waals surface area contributed by atoms with E-state index in [1.54, 1.807) is 6.33 Å². The predicted octanol–water partition coefficient (Wildman–Crippen LogP) is 12.8. The second-order valence-electron chi connectivity index (χ2n) is 29.4. The van der Waals surface area contributed by atoms with Gasteiger partial charge in [0.1, 0.15) is 77.3 Å². The minimum Gasteiger partial charge on any atom is -0.383 e. The first-order valence-corrected chi connectivity index (χ1v) is 39.9. The van der Waals surface area contributed by atoms with Gasteiger partial charge in [0, 0.05) is 108 Å². The molecule has 15 heterocycles. The van der Waals surface area contributed by atoms with Gasteiger partial charge in [-0.2, -0.15) is 15.3 Å². The van der Waals surface area contributed by atoms with Crippen molar-refractivity contribution in [3.8, 4) is 39.6 Å². The lowest BCUT2D eigenvalue weighted by atomic mass is 10.1. The van der Waals surface area contributed by atoms with Crippen molar-refractivity contribution in [2.75, 3.05) is 83.1 Å². The van der Waals surface area contributed by atoms with Crippen LogP contribution in [-0.2, 0) is 29.2 Å². The third-order valence-electron chi connectivity index (χ3n) is 21.2. The maximum Gasteiger partial charge on any atom is 0.223 e. The maximum absolute atomic E-state index is 11.5. The zero-order valence-electron chi connectivity index (χ0n) is 64.6. The highest BCUT2D eigenvalue weighted by Gasteiger charge is 2.29. The third-order valence-corrected chi connectivity index (χ3v) is 23.0. The van der Waals surface area contributed by atoms with Gasteiger partial charge in [-0.3, -0.25) is 19.5 Å². The molecule has 34 heteroatoms. The number of hydrogen-bond acceptors (Lipinski definition) is 27. The van der Waals surface area contributed by atoms with E-state index in [-0.39, 0.29) is 11.8 Å². The molecule has 21 rings (SSSR count). The number of nitrogens with one attached hydrogen (secondary N) is 3. The zero-order valence-corrected chi connectivity index (χ0v) is 66.3. The fourth-order valence-electron chi connectivity index (χ4n) is 15.6. The minimum atomic E-state index is -0.196. The van der Waals surface area contributed by atoms with Gasteiger partial charge >= 0.3 is 0 Å². The van der Waals surface area contributed by atoms with Crippen LogP contribution in [0.2, 0.25) is 0 Å². The Morgan fingerprint density at radius 1 is 0.492 bits per heavy atom. The summed E-state index contributed by atoms with van der Waals surface area (Å²) < 4.78 is 9.49. The van der Waals surface area contributed by atoms with Crippen molar-refractivity contribution in [3.05, 3.63) is 199 Å². The number of H-pyrrole nitrogens is 1. The fraction of sp³-hybridized carbons (Fsp3) is 0.190. The van der Waals surface area contributed by atoms with Gasteiger partial charge < -0.3 is 47.9 Å². The fourth-order valence-corrected chi connectivity index (χ4v) is 17.3. The van der Waals surface area contributed by atoms with E-state index in [0.29, 0.717) is 110 Å². The van der Waals surface area contributed by atoms with Crippen molar-refractivity contribution in [2.24, 2.45) is 0 Å². The molecule has 2 saturated heterocycles. The number of likely N-dealkylation sites (N-methyl/N-ethyl adjacent to an activating group) is 1. The van der Waals surface area contributed by atoms with Crippen LogP contribution in [0.1, 0.15) is 56.0 Å². The number of aromatic amines is 1. The number of rotatable bonds is 14.